The number of benzene rings is 2. The first kappa shape index (κ1) is 14.3. The third-order valence-corrected chi connectivity index (χ3v) is 2.97. The molecular formula is C13H5BrF4N2. The van der Waals surface area contributed by atoms with E-state index in [-0.39, 0.29) is 17.3 Å². The predicted molar refractivity (Wildman–Crippen MR) is 68.4 cm³/mol. The standard InChI is InChI=1S/C13H5BrF4N2/c14-7-2-1-6(5-19)10(3-7)20-13-11(17)8(15)4-9(16)12(13)18/h1-4,20H. The molecule has 0 aliphatic heterocycles. The van der Waals surface area contributed by atoms with Crippen LogP contribution < -0.4 is 5.32 Å². The molecular weight excluding hydrogens is 340 g/mol. The van der Waals surface area contributed by atoms with Crippen LogP contribution in [0, 0.1) is 34.6 Å². The Morgan fingerprint density at radius 2 is 1.60 bits per heavy atom. The molecule has 0 radical (unpaired) electrons. The first-order valence-corrected chi connectivity index (χ1v) is 6.03. The molecule has 2 nitrogen and oxygen atoms in total. The van der Waals surface area contributed by atoms with Crippen LogP contribution in [-0.2, 0) is 0 Å². The van der Waals surface area contributed by atoms with Crippen molar-refractivity contribution in [1.29, 1.82) is 5.26 Å². The Morgan fingerprint density at radius 3 is 2.15 bits per heavy atom. The third kappa shape index (κ3) is 2.60. The minimum absolute atomic E-state index is 0.0182. The van der Waals surface area contributed by atoms with E-state index >= 15 is 0 Å². The SMILES string of the molecule is N#Cc1ccc(Br)cc1Nc1c(F)c(F)cc(F)c1F. The zero-order valence-corrected chi connectivity index (χ0v) is 11.2. The summed E-state index contributed by atoms with van der Waals surface area (Å²) in [5.41, 5.74) is -0.904. The molecule has 2 aromatic rings. The Bertz CT molecular complexity index is 699. The molecule has 102 valence electrons. The molecule has 0 unspecified atom stereocenters. The van der Waals surface area contributed by atoms with Crippen molar-refractivity contribution < 1.29 is 17.6 Å². The number of nitriles is 1. The second-order valence-corrected chi connectivity index (χ2v) is 4.69. The molecule has 0 aliphatic rings. The van der Waals surface area contributed by atoms with Gasteiger partial charge in [-0.15, -0.1) is 0 Å². The summed E-state index contributed by atoms with van der Waals surface area (Å²) in [6.07, 6.45) is 0. The molecule has 0 atom stereocenters. The van der Waals surface area contributed by atoms with Gasteiger partial charge in [0.25, 0.3) is 0 Å². The number of hydrogen-bond donors (Lipinski definition) is 1. The lowest BCUT2D eigenvalue weighted by Gasteiger charge is -2.11. The van der Waals surface area contributed by atoms with Gasteiger partial charge in [-0.05, 0) is 18.2 Å². The summed E-state index contributed by atoms with van der Waals surface area (Å²) in [5.74, 6) is -6.18. The lowest BCUT2D eigenvalue weighted by atomic mass is 10.2. The number of anilines is 2. The lowest BCUT2D eigenvalue weighted by molar-refractivity contribution is 0.459. The van der Waals surface area contributed by atoms with E-state index in [1.54, 1.807) is 12.1 Å². The van der Waals surface area contributed by atoms with Crippen molar-refractivity contribution in [3.8, 4) is 6.07 Å². The largest absolute Gasteiger partial charge is 0.349 e. The van der Waals surface area contributed by atoms with Crippen molar-refractivity contribution in [2.75, 3.05) is 5.32 Å². The van der Waals surface area contributed by atoms with Crippen molar-refractivity contribution in [3.63, 3.8) is 0 Å². The van der Waals surface area contributed by atoms with E-state index in [4.69, 9.17) is 5.26 Å². The van der Waals surface area contributed by atoms with Gasteiger partial charge >= 0.3 is 0 Å². The number of hydrogen-bond acceptors (Lipinski definition) is 2. The summed E-state index contributed by atoms with van der Waals surface area (Å²) < 4.78 is 53.8. The molecule has 1 N–H and O–H groups in total. The molecule has 0 fully saturated rings. The Labute approximate surface area is 119 Å². The predicted octanol–water partition coefficient (Wildman–Crippen LogP) is 4.62. The summed E-state index contributed by atoms with van der Waals surface area (Å²) in [5, 5.41) is 11.1. The van der Waals surface area contributed by atoms with Gasteiger partial charge in [0.05, 0.1) is 11.3 Å². The summed E-state index contributed by atoms with van der Waals surface area (Å²) in [6.45, 7) is 0. The van der Waals surface area contributed by atoms with Crippen LogP contribution in [-0.4, -0.2) is 0 Å². The lowest BCUT2D eigenvalue weighted by Crippen LogP contribution is -2.04. The first-order chi connectivity index (χ1) is 9.43. The van der Waals surface area contributed by atoms with Crippen molar-refractivity contribution in [2.45, 2.75) is 0 Å². The van der Waals surface area contributed by atoms with Gasteiger partial charge in [-0.3, -0.25) is 0 Å². The van der Waals surface area contributed by atoms with Crippen molar-refractivity contribution >= 4 is 27.3 Å². The molecule has 2 aromatic carbocycles. The van der Waals surface area contributed by atoms with Gasteiger partial charge in [-0.1, -0.05) is 15.9 Å². The van der Waals surface area contributed by atoms with Gasteiger partial charge in [0.1, 0.15) is 11.8 Å². The van der Waals surface area contributed by atoms with Gasteiger partial charge in [-0.25, -0.2) is 17.6 Å². The molecule has 0 saturated heterocycles. The maximum atomic E-state index is 13.5. The number of nitrogens with one attached hydrogen (secondary N) is 1. The van der Waals surface area contributed by atoms with Crippen molar-refractivity contribution in [1.82, 2.24) is 0 Å². The topological polar surface area (TPSA) is 35.8 Å². The van der Waals surface area contributed by atoms with Crippen molar-refractivity contribution in [2.24, 2.45) is 0 Å². The summed E-state index contributed by atoms with van der Waals surface area (Å²) in [4.78, 5) is 0. The number of nitrogens with zero attached hydrogens (tertiary/aromatic N) is 1. The van der Waals surface area contributed by atoms with E-state index in [0.717, 1.165) is 0 Å². The fourth-order valence-corrected chi connectivity index (χ4v) is 1.90. The van der Waals surface area contributed by atoms with Crippen LogP contribution in [0.25, 0.3) is 0 Å². The van der Waals surface area contributed by atoms with Crippen LogP contribution in [0.5, 0.6) is 0 Å². The maximum Gasteiger partial charge on any atom is 0.185 e. The second kappa shape index (κ2) is 5.51. The first-order valence-electron chi connectivity index (χ1n) is 5.23. The number of rotatable bonds is 2. The molecule has 0 aromatic heterocycles. The third-order valence-electron chi connectivity index (χ3n) is 2.47. The number of halogens is 5. The average molecular weight is 345 g/mol. The summed E-state index contributed by atoms with van der Waals surface area (Å²) >= 11 is 3.12. The van der Waals surface area contributed by atoms with Gasteiger partial charge in [0, 0.05) is 10.5 Å². The van der Waals surface area contributed by atoms with Crippen LogP contribution in [0.2, 0.25) is 0 Å². The Hall–Kier alpha value is -2.07. The van der Waals surface area contributed by atoms with Crippen molar-refractivity contribution in [3.05, 3.63) is 57.6 Å². The highest BCUT2D eigenvalue weighted by Gasteiger charge is 2.20. The van der Waals surface area contributed by atoms with Crippen LogP contribution in [0.15, 0.2) is 28.7 Å². The minimum atomic E-state index is -1.56. The highest BCUT2D eigenvalue weighted by atomic mass is 79.9. The average Bonchev–Trinajstić information content (AvgIpc) is 2.41. The van der Waals surface area contributed by atoms with E-state index in [2.05, 4.69) is 21.2 Å². The van der Waals surface area contributed by atoms with Crippen LogP contribution in [0.1, 0.15) is 5.56 Å². The molecule has 0 saturated carbocycles. The fourth-order valence-electron chi connectivity index (χ4n) is 1.53. The summed E-state index contributed by atoms with van der Waals surface area (Å²) in [6, 6.07) is 6.20. The van der Waals surface area contributed by atoms with Crippen LogP contribution in [0.4, 0.5) is 28.9 Å². The highest BCUT2D eigenvalue weighted by molar-refractivity contribution is 9.10. The van der Waals surface area contributed by atoms with Crippen LogP contribution >= 0.6 is 15.9 Å². The molecule has 7 heteroatoms. The Morgan fingerprint density at radius 1 is 1.00 bits per heavy atom. The minimum Gasteiger partial charge on any atom is -0.349 e. The van der Waals surface area contributed by atoms with E-state index in [0.29, 0.717) is 4.47 Å². The van der Waals surface area contributed by atoms with E-state index < -0.39 is 29.0 Å². The maximum absolute atomic E-state index is 13.5. The molecule has 0 heterocycles. The zero-order valence-electron chi connectivity index (χ0n) is 9.65. The fraction of sp³-hybridized carbons (Fsp3) is 0. The molecule has 0 aliphatic carbocycles. The smallest absolute Gasteiger partial charge is 0.185 e. The molecule has 2 rings (SSSR count). The Balaban J connectivity index is 2.56. The molecule has 0 amide bonds. The second-order valence-electron chi connectivity index (χ2n) is 3.77. The van der Waals surface area contributed by atoms with E-state index in [1.807, 2.05) is 0 Å². The van der Waals surface area contributed by atoms with E-state index in [1.165, 1.54) is 12.1 Å². The van der Waals surface area contributed by atoms with Crippen LogP contribution in [0.3, 0.4) is 0 Å². The van der Waals surface area contributed by atoms with Gasteiger partial charge in [0.15, 0.2) is 23.3 Å². The quantitative estimate of drug-likeness (QED) is 0.637. The normalized spacial score (nSPS) is 10.2. The Kier molecular flexibility index (Phi) is 3.95. The van der Waals surface area contributed by atoms with Gasteiger partial charge in [0.2, 0.25) is 0 Å². The molecule has 0 spiro atoms. The summed E-state index contributed by atoms with van der Waals surface area (Å²) in [7, 11) is 0. The van der Waals surface area contributed by atoms with Gasteiger partial charge in [-0.2, -0.15) is 5.26 Å². The zero-order chi connectivity index (χ0) is 14.9. The highest BCUT2D eigenvalue weighted by Crippen LogP contribution is 2.30. The molecule has 0 bridgehead atoms. The monoisotopic (exact) mass is 344 g/mol. The molecule has 20 heavy (non-hydrogen) atoms. The van der Waals surface area contributed by atoms with E-state index in [9.17, 15) is 17.6 Å². The van der Waals surface area contributed by atoms with Gasteiger partial charge < -0.3 is 5.32 Å².